The van der Waals surface area contributed by atoms with Crippen LogP contribution in [0.2, 0.25) is 0 Å². The summed E-state index contributed by atoms with van der Waals surface area (Å²) in [5, 5.41) is 7.31. The van der Waals surface area contributed by atoms with E-state index in [-0.39, 0.29) is 5.91 Å². The molecule has 0 saturated carbocycles. The Hall–Kier alpha value is -2.14. The van der Waals surface area contributed by atoms with Gasteiger partial charge in [0.1, 0.15) is 0 Å². The maximum atomic E-state index is 12.2. The van der Waals surface area contributed by atoms with Crippen LogP contribution < -0.4 is 11.1 Å². The van der Waals surface area contributed by atoms with E-state index in [1.165, 1.54) is 0 Å². The largest absolute Gasteiger partial charge is 0.348 e. The lowest BCUT2D eigenvalue weighted by atomic mass is 10.1. The number of carbonyl (C=O) groups is 1. The quantitative estimate of drug-likeness (QED) is 0.874. The third-order valence-electron chi connectivity index (χ3n) is 3.71. The molecule has 0 bridgehead atoms. The van der Waals surface area contributed by atoms with Crippen molar-refractivity contribution >= 4 is 5.91 Å². The molecule has 0 unspecified atom stereocenters. The fourth-order valence-electron chi connectivity index (χ4n) is 2.38. The number of hydrogen-bond donors (Lipinski definition) is 2. The molecule has 1 amide bonds. The number of hydrogen-bond acceptors (Lipinski definition) is 3. The first kappa shape index (κ1) is 15.3. The Kier molecular flexibility index (Phi) is 4.75. The van der Waals surface area contributed by atoms with E-state index in [0.29, 0.717) is 18.7 Å². The Balaban J connectivity index is 2.06. The van der Waals surface area contributed by atoms with Gasteiger partial charge in [0.2, 0.25) is 0 Å². The standard InChI is InChI=1S/C16H22N4O/c1-11-15(12(2)20(3)19-11)10-18-16(21)14-6-4-5-13(9-14)7-8-17/h4-6,9H,7-8,10,17H2,1-3H3,(H,18,21). The van der Waals surface area contributed by atoms with Gasteiger partial charge < -0.3 is 11.1 Å². The summed E-state index contributed by atoms with van der Waals surface area (Å²) in [4.78, 5) is 12.2. The number of rotatable bonds is 5. The van der Waals surface area contributed by atoms with E-state index < -0.39 is 0 Å². The third-order valence-corrected chi connectivity index (χ3v) is 3.71. The monoisotopic (exact) mass is 286 g/mol. The lowest BCUT2D eigenvalue weighted by molar-refractivity contribution is 0.0950. The van der Waals surface area contributed by atoms with E-state index in [0.717, 1.165) is 28.9 Å². The second-order valence-corrected chi connectivity index (χ2v) is 5.19. The number of benzene rings is 1. The number of nitrogens with zero attached hydrogens (tertiary/aromatic N) is 2. The van der Waals surface area contributed by atoms with Gasteiger partial charge in [-0.25, -0.2) is 0 Å². The Morgan fingerprint density at radius 2 is 2.14 bits per heavy atom. The molecular formula is C16H22N4O. The first-order valence-electron chi connectivity index (χ1n) is 7.09. The average Bonchev–Trinajstić information content (AvgIpc) is 2.70. The summed E-state index contributed by atoms with van der Waals surface area (Å²) in [5.41, 5.74) is 10.4. The van der Waals surface area contributed by atoms with Gasteiger partial charge in [-0.2, -0.15) is 5.10 Å². The number of nitrogens with one attached hydrogen (secondary N) is 1. The summed E-state index contributed by atoms with van der Waals surface area (Å²) in [6.45, 7) is 5.03. The van der Waals surface area contributed by atoms with Crippen LogP contribution in [0.5, 0.6) is 0 Å². The summed E-state index contributed by atoms with van der Waals surface area (Å²) in [5.74, 6) is -0.0727. The van der Waals surface area contributed by atoms with Gasteiger partial charge >= 0.3 is 0 Å². The average molecular weight is 286 g/mol. The molecule has 0 radical (unpaired) electrons. The van der Waals surface area contributed by atoms with Crippen LogP contribution in [-0.4, -0.2) is 22.2 Å². The first-order chi connectivity index (χ1) is 10.0. The van der Waals surface area contributed by atoms with E-state index in [1.807, 2.05) is 49.8 Å². The van der Waals surface area contributed by atoms with Crippen LogP contribution in [0.4, 0.5) is 0 Å². The molecule has 2 rings (SSSR count). The first-order valence-corrected chi connectivity index (χ1v) is 7.09. The van der Waals surface area contributed by atoms with Gasteiger partial charge in [0, 0.05) is 30.4 Å². The van der Waals surface area contributed by atoms with Crippen LogP contribution in [0, 0.1) is 13.8 Å². The summed E-state index contributed by atoms with van der Waals surface area (Å²) in [6.07, 6.45) is 0.780. The van der Waals surface area contributed by atoms with Crippen molar-refractivity contribution in [3.63, 3.8) is 0 Å². The molecule has 0 spiro atoms. The second-order valence-electron chi connectivity index (χ2n) is 5.19. The van der Waals surface area contributed by atoms with Crippen LogP contribution in [0.3, 0.4) is 0 Å². The molecule has 1 aromatic heterocycles. The molecule has 0 aliphatic rings. The highest BCUT2D eigenvalue weighted by atomic mass is 16.1. The van der Waals surface area contributed by atoms with Crippen molar-refractivity contribution in [1.29, 1.82) is 0 Å². The maximum absolute atomic E-state index is 12.2. The molecule has 3 N–H and O–H groups in total. The number of aryl methyl sites for hydroxylation is 2. The molecule has 5 nitrogen and oxygen atoms in total. The van der Waals surface area contributed by atoms with E-state index in [4.69, 9.17) is 5.73 Å². The molecule has 1 heterocycles. The highest BCUT2D eigenvalue weighted by molar-refractivity contribution is 5.94. The molecule has 0 fully saturated rings. The van der Waals surface area contributed by atoms with Crippen molar-refractivity contribution in [2.24, 2.45) is 12.8 Å². The van der Waals surface area contributed by atoms with Gasteiger partial charge in [0.25, 0.3) is 5.91 Å². The predicted molar refractivity (Wildman–Crippen MR) is 83.1 cm³/mol. The summed E-state index contributed by atoms with van der Waals surface area (Å²) < 4.78 is 1.83. The van der Waals surface area contributed by atoms with E-state index in [1.54, 1.807) is 0 Å². The molecule has 112 valence electrons. The van der Waals surface area contributed by atoms with Crippen LogP contribution in [0.1, 0.15) is 32.9 Å². The Bertz CT molecular complexity index is 646. The smallest absolute Gasteiger partial charge is 0.251 e. The fourth-order valence-corrected chi connectivity index (χ4v) is 2.38. The zero-order chi connectivity index (χ0) is 15.4. The topological polar surface area (TPSA) is 72.9 Å². The molecule has 0 saturated heterocycles. The molecule has 0 aliphatic heterocycles. The van der Waals surface area contributed by atoms with Crippen molar-refractivity contribution in [3.8, 4) is 0 Å². The summed E-state index contributed by atoms with van der Waals surface area (Å²) in [7, 11) is 1.91. The van der Waals surface area contributed by atoms with Crippen LogP contribution >= 0.6 is 0 Å². The van der Waals surface area contributed by atoms with E-state index in [2.05, 4.69) is 10.4 Å². The third kappa shape index (κ3) is 3.49. The van der Waals surface area contributed by atoms with Crippen molar-refractivity contribution in [2.45, 2.75) is 26.8 Å². The van der Waals surface area contributed by atoms with Crippen molar-refractivity contribution in [2.75, 3.05) is 6.54 Å². The van der Waals surface area contributed by atoms with Crippen LogP contribution in [-0.2, 0) is 20.0 Å². The SMILES string of the molecule is Cc1nn(C)c(C)c1CNC(=O)c1cccc(CCN)c1. The van der Waals surface area contributed by atoms with Crippen molar-refractivity contribution in [3.05, 3.63) is 52.3 Å². The van der Waals surface area contributed by atoms with E-state index >= 15 is 0 Å². The molecule has 21 heavy (non-hydrogen) atoms. The van der Waals surface area contributed by atoms with Crippen molar-refractivity contribution in [1.82, 2.24) is 15.1 Å². The second kappa shape index (κ2) is 6.54. The zero-order valence-corrected chi connectivity index (χ0v) is 12.8. The number of nitrogens with two attached hydrogens (primary N) is 1. The molecule has 5 heteroatoms. The number of amides is 1. The van der Waals surface area contributed by atoms with Gasteiger partial charge in [-0.1, -0.05) is 12.1 Å². The van der Waals surface area contributed by atoms with E-state index in [9.17, 15) is 4.79 Å². The minimum Gasteiger partial charge on any atom is -0.348 e. The van der Waals surface area contributed by atoms with Crippen LogP contribution in [0.25, 0.3) is 0 Å². The highest BCUT2D eigenvalue weighted by Gasteiger charge is 2.11. The van der Waals surface area contributed by atoms with Gasteiger partial charge in [0.15, 0.2) is 0 Å². The lowest BCUT2D eigenvalue weighted by Crippen LogP contribution is -2.23. The normalized spacial score (nSPS) is 10.7. The molecule has 0 atom stereocenters. The number of carbonyl (C=O) groups excluding carboxylic acids is 1. The minimum absolute atomic E-state index is 0.0727. The molecular weight excluding hydrogens is 264 g/mol. The van der Waals surface area contributed by atoms with Crippen LogP contribution in [0.15, 0.2) is 24.3 Å². The van der Waals surface area contributed by atoms with Crippen molar-refractivity contribution < 1.29 is 4.79 Å². The van der Waals surface area contributed by atoms with Gasteiger partial charge in [-0.05, 0) is 44.5 Å². The van der Waals surface area contributed by atoms with Gasteiger partial charge in [-0.15, -0.1) is 0 Å². The zero-order valence-electron chi connectivity index (χ0n) is 12.8. The molecule has 1 aromatic carbocycles. The van der Waals surface area contributed by atoms with Gasteiger partial charge in [-0.3, -0.25) is 9.48 Å². The highest BCUT2D eigenvalue weighted by Crippen LogP contribution is 2.12. The number of aromatic nitrogens is 2. The Morgan fingerprint density at radius 3 is 2.76 bits per heavy atom. The predicted octanol–water partition coefficient (Wildman–Crippen LogP) is 1.47. The minimum atomic E-state index is -0.0727. The van der Waals surface area contributed by atoms with Gasteiger partial charge in [0.05, 0.1) is 5.69 Å². The lowest BCUT2D eigenvalue weighted by Gasteiger charge is -2.07. The fraction of sp³-hybridized carbons (Fsp3) is 0.375. The molecule has 0 aliphatic carbocycles. The molecule has 2 aromatic rings. The summed E-state index contributed by atoms with van der Waals surface area (Å²) in [6, 6.07) is 7.59. The summed E-state index contributed by atoms with van der Waals surface area (Å²) >= 11 is 0. The Morgan fingerprint density at radius 1 is 1.38 bits per heavy atom. The Labute approximate surface area is 125 Å². The maximum Gasteiger partial charge on any atom is 0.251 e.